The lowest BCUT2D eigenvalue weighted by atomic mass is 10.1. The fourth-order valence-corrected chi connectivity index (χ4v) is 2.47. The van der Waals surface area contributed by atoms with Gasteiger partial charge in [0.15, 0.2) is 0 Å². The maximum atomic E-state index is 12.0. The first-order chi connectivity index (χ1) is 13.2. The Labute approximate surface area is 159 Å². The highest BCUT2D eigenvalue weighted by molar-refractivity contribution is 5.94. The van der Waals surface area contributed by atoms with Crippen LogP contribution >= 0.6 is 0 Å². The van der Waals surface area contributed by atoms with Crippen LogP contribution in [0.3, 0.4) is 0 Å². The van der Waals surface area contributed by atoms with Crippen LogP contribution in [0.2, 0.25) is 0 Å². The van der Waals surface area contributed by atoms with E-state index in [1.54, 1.807) is 12.1 Å². The fourth-order valence-electron chi connectivity index (χ4n) is 2.47. The molecular weight excluding hydrogens is 344 g/mol. The van der Waals surface area contributed by atoms with Gasteiger partial charge in [-0.3, -0.25) is 9.59 Å². The molecule has 3 N–H and O–H groups in total. The van der Waals surface area contributed by atoms with Gasteiger partial charge < -0.3 is 20.5 Å². The molecule has 0 bridgehead atoms. The molecule has 2 aromatic rings. The normalized spacial score (nSPS) is 10.4. The summed E-state index contributed by atoms with van der Waals surface area (Å²) in [6.45, 7) is 1.42. The van der Waals surface area contributed by atoms with E-state index in [0.29, 0.717) is 38.1 Å². The number of carbonyl (C=O) groups is 2. The standard InChI is InChI=1S/C21H26N2O4/c24-13-15-27-14-12-22-21(26)19-9-6-18(7-10-19)16-23-20(25)11-8-17-4-2-1-3-5-17/h1-7,9-10,24H,8,11-16H2,(H,22,26)(H,23,25). The summed E-state index contributed by atoms with van der Waals surface area (Å²) >= 11 is 0. The van der Waals surface area contributed by atoms with Crippen LogP contribution in [0.1, 0.15) is 27.9 Å². The minimum Gasteiger partial charge on any atom is -0.394 e. The second-order valence-corrected chi connectivity index (χ2v) is 6.05. The Morgan fingerprint density at radius 2 is 1.63 bits per heavy atom. The predicted octanol–water partition coefficient (Wildman–Crippen LogP) is 1.67. The smallest absolute Gasteiger partial charge is 0.251 e. The summed E-state index contributed by atoms with van der Waals surface area (Å²) in [5, 5.41) is 14.2. The minimum atomic E-state index is -0.180. The Balaban J connectivity index is 1.68. The van der Waals surface area contributed by atoms with Gasteiger partial charge in [-0.2, -0.15) is 0 Å². The van der Waals surface area contributed by atoms with Crippen LogP contribution in [0.5, 0.6) is 0 Å². The van der Waals surface area contributed by atoms with Gasteiger partial charge in [-0.05, 0) is 29.7 Å². The minimum absolute atomic E-state index is 0.00329. The summed E-state index contributed by atoms with van der Waals surface area (Å²) in [5.41, 5.74) is 2.63. The van der Waals surface area contributed by atoms with E-state index in [1.807, 2.05) is 42.5 Å². The lowest BCUT2D eigenvalue weighted by Gasteiger charge is -2.08. The first kappa shape index (κ1) is 20.6. The average Bonchev–Trinajstić information content (AvgIpc) is 2.71. The Morgan fingerprint density at radius 3 is 2.33 bits per heavy atom. The third kappa shape index (κ3) is 8.02. The summed E-state index contributed by atoms with van der Waals surface area (Å²) in [5.74, 6) is -0.176. The average molecular weight is 370 g/mol. The van der Waals surface area contributed by atoms with Crippen LogP contribution < -0.4 is 10.6 Å². The van der Waals surface area contributed by atoms with Crippen molar-refractivity contribution in [1.82, 2.24) is 10.6 Å². The molecule has 144 valence electrons. The van der Waals surface area contributed by atoms with E-state index in [4.69, 9.17) is 9.84 Å². The number of aliphatic hydroxyl groups excluding tert-OH is 1. The Hall–Kier alpha value is -2.70. The van der Waals surface area contributed by atoms with Crippen LogP contribution in [0.15, 0.2) is 54.6 Å². The Kier molecular flexibility index (Phi) is 9.03. The van der Waals surface area contributed by atoms with Gasteiger partial charge in [-0.1, -0.05) is 42.5 Å². The van der Waals surface area contributed by atoms with Crippen molar-refractivity contribution in [2.45, 2.75) is 19.4 Å². The van der Waals surface area contributed by atoms with Gasteiger partial charge in [0, 0.05) is 25.1 Å². The molecular formula is C21H26N2O4. The summed E-state index contributed by atoms with van der Waals surface area (Å²) in [6, 6.07) is 17.0. The first-order valence-corrected chi connectivity index (χ1v) is 9.05. The molecule has 0 heterocycles. The third-order valence-electron chi connectivity index (χ3n) is 3.96. The third-order valence-corrected chi connectivity index (χ3v) is 3.96. The van der Waals surface area contributed by atoms with Crippen molar-refractivity contribution in [3.05, 3.63) is 71.3 Å². The highest BCUT2D eigenvalue weighted by Gasteiger charge is 2.06. The summed E-state index contributed by atoms with van der Waals surface area (Å²) in [7, 11) is 0. The van der Waals surface area contributed by atoms with Gasteiger partial charge in [-0.15, -0.1) is 0 Å². The molecule has 0 saturated heterocycles. The Bertz CT molecular complexity index is 702. The van der Waals surface area contributed by atoms with E-state index in [0.717, 1.165) is 11.1 Å². The molecule has 0 aliphatic rings. The van der Waals surface area contributed by atoms with Crippen LogP contribution in [-0.2, 0) is 22.5 Å². The monoisotopic (exact) mass is 370 g/mol. The second-order valence-electron chi connectivity index (χ2n) is 6.05. The molecule has 0 spiro atoms. The van der Waals surface area contributed by atoms with Crippen LogP contribution in [0.4, 0.5) is 0 Å². The van der Waals surface area contributed by atoms with Gasteiger partial charge in [0.2, 0.25) is 5.91 Å². The number of benzene rings is 2. The number of ether oxygens (including phenoxy) is 1. The number of aliphatic hydroxyl groups is 1. The van der Waals surface area contributed by atoms with Crippen molar-refractivity contribution >= 4 is 11.8 Å². The van der Waals surface area contributed by atoms with Gasteiger partial charge in [0.25, 0.3) is 5.91 Å². The zero-order valence-corrected chi connectivity index (χ0v) is 15.3. The van der Waals surface area contributed by atoms with Gasteiger partial charge >= 0.3 is 0 Å². The highest BCUT2D eigenvalue weighted by atomic mass is 16.5. The van der Waals surface area contributed by atoms with Crippen molar-refractivity contribution < 1.29 is 19.4 Å². The van der Waals surface area contributed by atoms with Crippen molar-refractivity contribution in [3.8, 4) is 0 Å². The van der Waals surface area contributed by atoms with Gasteiger partial charge in [0.05, 0.1) is 19.8 Å². The molecule has 0 radical (unpaired) electrons. The van der Waals surface area contributed by atoms with Crippen LogP contribution in [0, 0.1) is 0 Å². The van der Waals surface area contributed by atoms with Crippen molar-refractivity contribution in [3.63, 3.8) is 0 Å². The maximum Gasteiger partial charge on any atom is 0.251 e. The molecule has 27 heavy (non-hydrogen) atoms. The lowest BCUT2D eigenvalue weighted by molar-refractivity contribution is -0.121. The van der Waals surface area contributed by atoms with E-state index in [2.05, 4.69) is 10.6 Å². The zero-order chi connectivity index (χ0) is 19.3. The quantitative estimate of drug-likeness (QED) is 0.525. The van der Waals surface area contributed by atoms with Crippen molar-refractivity contribution in [2.75, 3.05) is 26.4 Å². The maximum absolute atomic E-state index is 12.0. The number of hydrogen-bond donors (Lipinski definition) is 3. The number of aryl methyl sites for hydroxylation is 1. The fraction of sp³-hybridized carbons (Fsp3) is 0.333. The van der Waals surface area contributed by atoms with Crippen LogP contribution in [0.25, 0.3) is 0 Å². The number of rotatable bonds is 11. The van der Waals surface area contributed by atoms with E-state index < -0.39 is 0 Å². The second kappa shape index (κ2) is 11.8. The number of nitrogens with one attached hydrogen (secondary N) is 2. The summed E-state index contributed by atoms with van der Waals surface area (Å²) < 4.78 is 5.09. The summed E-state index contributed by atoms with van der Waals surface area (Å²) in [6.07, 6.45) is 1.16. The molecule has 0 aliphatic carbocycles. The molecule has 0 atom stereocenters. The van der Waals surface area contributed by atoms with Gasteiger partial charge in [0.1, 0.15) is 0 Å². The number of amides is 2. The van der Waals surface area contributed by atoms with E-state index >= 15 is 0 Å². The molecule has 0 saturated carbocycles. The largest absolute Gasteiger partial charge is 0.394 e. The number of carbonyl (C=O) groups excluding carboxylic acids is 2. The summed E-state index contributed by atoms with van der Waals surface area (Å²) in [4.78, 5) is 23.9. The molecule has 6 heteroatoms. The molecule has 0 aliphatic heterocycles. The molecule has 0 unspecified atom stereocenters. The van der Waals surface area contributed by atoms with E-state index in [-0.39, 0.29) is 25.0 Å². The molecule has 2 aromatic carbocycles. The Morgan fingerprint density at radius 1 is 0.889 bits per heavy atom. The number of hydrogen-bond acceptors (Lipinski definition) is 4. The first-order valence-electron chi connectivity index (χ1n) is 9.05. The topological polar surface area (TPSA) is 87.7 Å². The predicted molar refractivity (Wildman–Crippen MR) is 103 cm³/mol. The SMILES string of the molecule is O=C(CCc1ccccc1)NCc1ccc(C(=O)NCCOCCO)cc1. The highest BCUT2D eigenvalue weighted by Crippen LogP contribution is 2.06. The van der Waals surface area contributed by atoms with Crippen molar-refractivity contribution in [2.24, 2.45) is 0 Å². The lowest BCUT2D eigenvalue weighted by Crippen LogP contribution is -2.27. The molecule has 2 amide bonds. The molecule has 0 fully saturated rings. The molecule has 0 aromatic heterocycles. The molecule has 6 nitrogen and oxygen atoms in total. The zero-order valence-electron chi connectivity index (χ0n) is 15.3. The van der Waals surface area contributed by atoms with Gasteiger partial charge in [-0.25, -0.2) is 0 Å². The van der Waals surface area contributed by atoms with E-state index in [1.165, 1.54) is 0 Å². The van der Waals surface area contributed by atoms with Crippen molar-refractivity contribution in [1.29, 1.82) is 0 Å². The van der Waals surface area contributed by atoms with Crippen LogP contribution in [-0.4, -0.2) is 43.3 Å². The van der Waals surface area contributed by atoms with E-state index in [9.17, 15) is 9.59 Å². The molecule has 2 rings (SSSR count).